The zero-order valence-corrected chi connectivity index (χ0v) is 12.9. The Morgan fingerprint density at radius 2 is 2.08 bits per heavy atom. The lowest BCUT2D eigenvalue weighted by Crippen LogP contribution is -2.24. The Morgan fingerprint density at radius 3 is 2.62 bits per heavy atom. The number of ether oxygens (including phenoxy) is 1. The van der Waals surface area contributed by atoms with Crippen LogP contribution in [0, 0.1) is 0 Å². The zero-order valence-electron chi connectivity index (χ0n) is 12.1. The smallest absolute Gasteiger partial charge is 0.394 e. The molecule has 14 heteroatoms. The Morgan fingerprint density at radius 1 is 1.46 bits per heavy atom. The van der Waals surface area contributed by atoms with E-state index in [0.29, 0.717) is 0 Å². The first kappa shape index (κ1) is 18.5. The van der Waals surface area contributed by atoms with Gasteiger partial charge in [0.05, 0.1) is 19.0 Å². The van der Waals surface area contributed by atoms with E-state index in [-0.39, 0.29) is 30.1 Å². The molecule has 2 aromatic rings. The Kier molecular flexibility index (Phi) is 5.35. The van der Waals surface area contributed by atoms with Crippen LogP contribution in [0.3, 0.4) is 0 Å². The fourth-order valence-corrected chi connectivity index (χ4v) is 2.20. The first-order valence-electron chi connectivity index (χ1n) is 6.55. The van der Waals surface area contributed by atoms with Crippen molar-refractivity contribution in [3.8, 4) is 0 Å². The van der Waals surface area contributed by atoms with Gasteiger partial charge in [0.15, 0.2) is 11.2 Å². The van der Waals surface area contributed by atoms with Crippen molar-refractivity contribution in [3.05, 3.63) is 16.7 Å². The van der Waals surface area contributed by atoms with Crippen molar-refractivity contribution >= 4 is 24.9 Å². The summed E-state index contributed by atoms with van der Waals surface area (Å²) in [6.45, 7) is -0.277. The third-order valence-corrected chi connectivity index (χ3v) is 3.15. The minimum absolute atomic E-state index is 0.0171. The second kappa shape index (κ2) is 6.94. The summed E-state index contributed by atoms with van der Waals surface area (Å²) in [5.74, 6) is -0.0171. The largest absolute Gasteiger partial charge is 0.466 e. The predicted octanol–water partition coefficient (Wildman–Crippen LogP) is -2.59. The van der Waals surface area contributed by atoms with E-state index in [4.69, 9.17) is 34.8 Å². The van der Waals surface area contributed by atoms with Gasteiger partial charge in [0.1, 0.15) is 12.3 Å². The monoisotopic (exact) mass is 365 g/mol. The van der Waals surface area contributed by atoms with Gasteiger partial charge in [0, 0.05) is 6.42 Å². The van der Waals surface area contributed by atoms with Crippen LogP contribution in [0.15, 0.2) is 11.1 Å². The molecule has 1 aliphatic heterocycles. The van der Waals surface area contributed by atoms with Crippen LogP contribution in [0.2, 0.25) is 0 Å². The van der Waals surface area contributed by atoms with Gasteiger partial charge in [-0.2, -0.15) is 4.98 Å². The molecule has 1 saturated heterocycles. The molecule has 134 valence electrons. The molecule has 2 aromatic heterocycles. The number of anilines is 1. The fraction of sp³-hybridized carbons (Fsp3) is 0.500. The van der Waals surface area contributed by atoms with Crippen LogP contribution in [-0.2, 0) is 9.30 Å². The Balaban J connectivity index is 0.000000368. The van der Waals surface area contributed by atoms with E-state index in [1.54, 1.807) is 0 Å². The van der Waals surface area contributed by atoms with E-state index in [0.717, 1.165) is 0 Å². The van der Waals surface area contributed by atoms with E-state index in [2.05, 4.69) is 15.0 Å². The number of aromatic amines is 1. The van der Waals surface area contributed by atoms with Gasteiger partial charge < -0.3 is 35.4 Å². The van der Waals surface area contributed by atoms with E-state index >= 15 is 0 Å². The number of nitrogen functional groups attached to an aromatic ring is 1. The number of aliphatic hydroxyl groups is 2. The fourth-order valence-electron chi connectivity index (χ4n) is 2.20. The molecule has 0 radical (unpaired) electrons. The van der Waals surface area contributed by atoms with Crippen molar-refractivity contribution in [2.24, 2.45) is 0 Å². The molecule has 3 atom stereocenters. The lowest BCUT2D eigenvalue weighted by atomic mass is 10.2. The molecular weight excluding hydrogens is 349 g/mol. The standard InChI is InChI=1S/C10H13N5O4.H3O4P/c11-10-13-8-7(9(18)14-10)12-3-15(8)6-1-4(17)5(2-16)19-6;1-5(2,3)4/h3-6,16-17H,1-2H2,(H3,11,13,14,18);(H3,1,2,3,4)/t4-,5+,6?;/m0./s1. The SMILES string of the molecule is Nc1nc2c(ncn2C2C[C@H](O)[C@@H](CO)O2)c(=O)[nH]1.O=P(O)(O)O. The van der Waals surface area contributed by atoms with Crippen molar-refractivity contribution in [3.63, 3.8) is 0 Å². The summed E-state index contributed by atoms with van der Waals surface area (Å²) in [5, 5.41) is 18.8. The summed E-state index contributed by atoms with van der Waals surface area (Å²) in [6, 6.07) is 0. The molecule has 0 amide bonds. The second-order valence-electron chi connectivity index (χ2n) is 4.90. The van der Waals surface area contributed by atoms with Crippen molar-refractivity contribution in [2.45, 2.75) is 24.9 Å². The van der Waals surface area contributed by atoms with Crippen LogP contribution < -0.4 is 11.3 Å². The number of H-pyrrole nitrogens is 1. The molecule has 3 rings (SSSR count). The lowest BCUT2D eigenvalue weighted by Gasteiger charge is -2.13. The summed E-state index contributed by atoms with van der Waals surface area (Å²) < 4.78 is 15.9. The highest BCUT2D eigenvalue weighted by Gasteiger charge is 2.35. The number of aliphatic hydroxyl groups excluding tert-OH is 2. The van der Waals surface area contributed by atoms with Crippen molar-refractivity contribution in [2.75, 3.05) is 12.3 Å². The predicted molar refractivity (Wildman–Crippen MR) is 78.4 cm³/mol. The van der Waals surface area contributed by atoms with Crippen molar-refractivity contribution < 1.29 is 34.2 Å². The molecule has 1 unspecified atom stereocenters. The maximum absolute atomic E-state index is 11.6. The van der Waals surface area contributed by atoms with Gasteiger partial charge >= 0.3 is 7.82 Å². The second-order valence-corrected chi connectivity index (χ2v) is 5.93. The van der Waals surface area contributed by atoms with E-state index in [1.807, 2.05) is 0 Å². The van der Waals surface area contributed by atoms with Crippen molar-refractivity contribution in [1.29, 1.82) is 0 Å². The van der Waals surface area contributed by atoms with Gasteiger partial charge in [-0.05, 0) is 0 Å². The Labute approximate surface area is 133 Å². The van der Waals surface area contributed by atoms with Crippen molar-refractivity contribution in [1.82, 2.24) is 19.5 Å². The number of aromatic nitrogens is 4. The quantitative estimate of drug-likeness (QED) is 0.274. The van der Waals surface area contributed by atoms with Crippen LogP contribution >= 0.6 is 7.82 Å². The number of nitrogens with one attached hydrogen (secondary N) is 1. The molecule has 3 heterocycles. The molecule has 8 N–H and O–H groups in total. The third kappa shape index (κ3) is 4.36. The normalized spacial score (nSPS) is 24.0. The zero-order chi connectivity index (χ0) is 18.1. The van der Waals surface area contributed by atoms with Gasteiger partial charge in [-0.15, -0.1) is 0 Å². The number of hydrogen-bond donors (Lipinski definition) is 7. The average Bonchev–Trinajstić information content (AvgIpc) is 3.00. The van der Waals surface area contributed by atoms with Gasteiger partial charge in [-0.25, -0.2) is 9.55 Å². The van der Waals surface area contributed by atoms with Gasteiger partial charge in [0.2, 0.25) is 5.95 Å². The Hall–Kier alpha value is -1.86. The number of fused-ring (bicyclic) bond motifs is 1. The number of nitrogens with two attached hydrogens (primary N) is 1. The highest BCUT2D eigenvalue weighted by Crippen LogP contribution is 2.30. The number of hydrogen-bond acceptors (Lipinski definition) is 8. The summed E-state index contributed by atoms with van der Waals surface area (Å²) in [5.41, 5.74) is 5.50. The summed E-state index contributed by atoms with van der Waals surface area (Å²) in [6.07, 6.45) is -0.270. The van der Waals surface area contributed by atoms with Crippen LogP contribution in [0.4, 0.5) is 5.95 Å². The van der Waals surface area contributed by atoms with Crippen LogP contribution in [-0.4, -0.2) is 63.2 Å². The Bertz CT molecular complexity index is 807. The highest BCUT2D eigenvalue weighted by atomic mass is 31.2. The summed E-state index contributed by atoms with van der Waals surface area (Å²) in [4.78, 5) is 43.5. The minimum Gasteiger partial charge on any atom is -0.394 e. The lowest BCUT2D eigenvalue weighted by molar-refractivity contribution is -0.0432. The molecule has 0 spiro atoms. The minimum atomic E-state index is -4.64. The molecule has 0 bridgehead atoms. The maximum atomic E-state index is 11.6. The summed E-state index contributed by atoms with van der Waals surface area (Å²) >= 11 is 0. The van der Waals surface area contributed by atoms with Crippen LogP contribution in [0.1, 0.15) is 12.6 Å². The number of nitrogens with zero attached hydrogens (tertiary/aromatic N) is 3. The average molecular weight is 365 g/mol. The third-order valence-electron chi connectivity index (χ3n) is 3.15. The maximum Gasteiger partial charge on any atom is 0.466 e. The summed E-state index contributed by atoms with van der Waals surface area (Å²) in [7, 11) is -4.64. The van der Waals surface area contributed by atoms with E-state index < -0.39 is 31.8 Å². The van der Waals surface area contributed by atoms with Crippen LogP contribution in [0.5, 0.6) is 0 Å². The van der Waals surface area contributed by atoms with Gasteiger partial charge in [-0.1, -0.05) is 0 Å². The first-order valence-corrected chi connectivity index (χ1v) is 8.11. The van der Waals surface area contributed by atoms with E-state index in [9.17, 15) is 9.90 Å². The molecule has 0 saturated carbocycles. The highest BCUT2D eigenvalue weighted by molar-refractivity contribution is 7.45. The first-order chi connectivity index (χ1) is 11.1. The number of phosphoric acid groups is 1. The van der Waals surface area contributed by atoms with Gasteiger partial charge in [0.25, 0.3) is 5.56 Å². The van der Waals surface area contributed by atoms with E-state index in [1.165, 1.54) is 10.9 Å². The molecular formula is C10H16N5O8P. The number of rotatable bonds is 2. The van der Waals surface area contributed by atoms with Crippen LogP contribution in [0.25, 0.3) is 11.2 Å². The topological polar surface area (TPSA) is 217 Å². The molecule has 1 fully saturated rings. The molecule has 0 aliphatic carbocycles. The van der Waals surface area contributed by atoms with Gasteiger partial charge in [-0.3, -0.25) is 14.3 Å². The molecule has 0 aromatic carbocycles. The molecule has 13 nitrogen and oxygen atoms in total. The molecule has 24 heavy (non-hydrogen) atoms. The number of imidazole rings is 1. The molecule has 1 aliphatic rings.